The zero-order valence-electron chi connectivity index (χ0n) is 8.39. The van der Waals surface area contributed by atoms with Gasteiger partial charge in [-0.05, 0) is 5.92 Å². The normalized spacial score (nSPS) is 34.1. The topological polar surface area (TPSA) is 69.7 Å². The smallest absolute Gasteiger partial charge is 0.438 e. The molecule has 0 spiro atoms. The van der Waals surface area contributed by atoms with Crippen LogP contribution < -0.4 is 0 Å². The number of hydrogen-bond acceptors (Lipinski definition) is 5. The Morgan fingerprint density at radius 3 is 2.67 bits per heavy atom. The maximum atomic E-state index is 11.5. The molecule has 82 valence electrons. The van der Waals surface area contributed by atoms with E-state index in [0.29, 0.717) is 19.3 Å². The second-order valence-corrected chi connectivity index (χ2v) is 4.03. The number of methoxy groups -OCH3 is 1. The maximum Gasteiger partial charge on any atom is 0.508 e. The van der Waals surface area contributed by atoms with E-state index in [1.165, 1.54) is 7.11 Å². The highest BCUT2D eigenvalue weighted by Gasteiger charge is 2.49. The van der Waals surface area contributed by atoms with Crippen molar-refractivity contribution in [3.8, 4) is 0 Å². The first-order chi connectivity index (χ1) is 7.11. The summed E-state index contributed by atoms with van der Waals surface area (Å²) in [7, 11) is 1.19. The van der Waals surface area contributed by atoms with E-state index in [9.17, 15) is 14.4 Å². The van der Waals surface area contributed by atoms with Crippen LogP contribution in [0.5, 0.6) is 0 Å². The molecule has 0 aromatic heterocycles. The molecule has 2 fully saturated rings. The number of rotatable bonds is 1. The highest BCUT2D eigenvalue weighted by Crippen LogP contribution is 2.42. The minimum absolute atomic E-state index is 0.0691. The van der Waals surface area contributed by atoms with E-state index in [4.69, 9.17) is 4.74 Å². The molecule has 0 bridgehead atoms. The van der Waals surface area contributed by atoms with Crippen molar-refractivity contribution in [2.45, 2.75) is 25.4 Å². The summed E-state index contributed by atoms with van der Waals surface area (Å²) in [5, 5.41) is 0. The largest absolute Gasteiger partial charge is 0.508 e. The van der Waals surface area contributed by atoms with Gasteiger partial charge in [-0.3, -0.25) is 9.59 Å². The molecule has 0 heterocycles. The minimum atomic E-state index is -0.853. The molecule has 0 N–H and O–H groups in total. The first kappa shape index (κ1) is 10.1. The SMILES string of the molecule is COC(=O)OC1C(=O)C[C@H]2CC(=O)C[C@@H]12. The van der Waals surface area contributed by atoms with Crippen molar-refractivity contribution >= 4 is 17.7 Å². The minimum Gasteiger partial charge on any atom is -0.438 e. The summed E-state index contributed by atoms with van der Waals surface area (Å²) < 4.78 is 9.21. The lowest BCUT2D eigenvalue weighted by Crippen LogP contribution is -2.28. The number of hydrogen-bond donors (Lipinski definition) is 0. The van der Waals surface area contributed by atoms with Crippen molar-refractivity contribution in [3.63, 3.8) is 0 Å². The summed E-state index contributed by atoms with van der Waals surface area (Å²) in [5.41, 5.74) is 0. The molecule has 0 saturated heterocycles. The van der Waals surface area contributed by atoms with Gasteiger partial charge in [0.05, 0.1) is 7.11 Å². The van der Waals surface area contributed by atoms with Crippen LogP contribution in [-0.4, -0.2) is 30.9 Å². The molecule has 2 rings (SSSR count). The summed E-state index contributed by atoms with van der Waals surface area (Å²) in [6.45, 7) is 0. The molecular formula is C10H12O5. The Kier molecular flexibility index (Phi) is 2.46. The van der Waals surface area contributed by atoms with E-state index in [2.05, 4.69) is 4.74 Å². The van der Waals surface area contributed by atoms with Gasteiger partial charge in [-0.25, -0.2) is 4.79 Å². The predicted octanol–water partition coefficient (Wildman–Crippen LogP) is 0.706. The third kappa shape index (κ3) is 1.73. The first-order valence-electron chi connectivity index (χ1n) is 4.91. The molecule has 2 saturated carbocycles. The average molecular weight is 212 g/mol. The molecule has 5 nitrogen and oxygen atoms in total. The van der Waals surface area contributed by atoms with E-state index in [1.807, 2.05) is 0 Å². The van der Waals surface area contributed by atoms with E-state index >= 15 is 0 Å². The van der Waals surface area contributed by atoms with Crippen LogP contribution in [-0.2, 0) is 19.1 Å². The summed E-state index contributed by atoms with van der Waals surface area (Å²) in [5.74, 6) is 0.00243. The van der Waals surface area contributed by atoms with Gasteiger partial charge >= 0.3 is 6.16 Å². The van der Waals surface area contributed by atoms with E-state index < -0.39 is 12.3 Å². The number of fused-ring (bicyclic) bond motifs is 1. The molecule has 1 unspecified atom stereocenters. The number of ether oxygens (including phenoxy) is 2. The Labute approximate surface area is 86.7 Å². The van der Waals surface area contributed by atoms with E-state index in [-0.39, 0.29) is 23.4 Å². The summed E-state index contributed by atoms with van der Waals surface area (Å²) >= 11 is 0. The van der Waals surface area contributed by atoms with Crippen molar-refractivity contribution in [1.29, 1.82) is 0 Å². The fourth-order valence-corrected chi connectivity index (χ4v) is 2.45. The number of carbonyl (C=O) groups excluding carboxylic acids is 3. The molecule has 0 aliphatic heterocycles. The van der Waals surface area contributed by atoms with Gasteiger partial charge in [0.2, 0.25) is 0 Å². The molecule has 0 amide bonds. The zero-order valence-corrected chi connectivity index (χ0v) is 8.39. The molecule has 0 aromatic rings. The molecule has 5 heteroatoms. The molecule has 2 aliphatic rings. The van der Waals surface area contributed by atoms with Crippen molar-refractivity contribution < 1.29 is 23.9 Å². The number of Topliss-reactive ketones (excluding diaryl/α,β-unsaturated/α-hetero) is 2. The first-order valence-corrected chi connectivity index (χ1v) is 4.91. The van der Waals surface area contributed by atoms with Crippen LogP contribution in [0.2, 0.25) is 0 Å². The Morgan fingerprint density at radius 2 is 2.00 bits per heavy atom. The van der Waals surface area contributed by atoms with Crippen LogP contribution in [0.3, 0.4) is 0 Å². The lowest BCUT2D eigenvalue weighted by atomic mass is 9.99. The van der Waals surface area contributed by atoms with Gasteiger partial charge < -0.3 is 9.47 Å². The Morgan fingerprint density at radius 1 is 1.27 bits per heavy atom. The van der Waals surface area contributed by atoms with Crippen molar-refractivity contribution in [1.82, 2.24) is 0 Å². The molecule has 0 radical (unpaired) electrons. The average Bonchev–Trinajstić information content (AvgIpc) is 2.65. The lowest BCUT2D eigenvalue weighted by molar-refractivity contribution is -0.127. The molecule has 2 aliphatic carbocycles. The quantitative estimate of drug-likeness (QED) is 0.598. The van der Waals surface area contributed by atoms with Gasteiger partial charge in [0, 0.05) is 25.2 Å². The fourth-order valence-electron chi connectivity index (χ4n) is 2.45. The third-order valence-electron chi connectivity index (χ3n) is 3.12. The summed E-state index contributed by atoms with van der Waals surface area (Å²) in [6.07, 6.45) is -0.490. The Bertz CT molecular complexity index is 322. The van der Waals surface area contributed by atoms with E-state index in [1.54, 1.807) is 0 Å². The monoisotopic (exact) mass is 212 g/mol. The zero-order chi connectivity index (χ0) is 11.0. The van der Waals surface area contributed by atoms with Gasteiger partial charge in [0.1, 0.15) is 5.78 Å². The van der Waals surface area contributed by atoms with Crippen LogP contribution in [0, 0.1) is 11.8 Å². The summed E-state index contributed by atoms with van der Waals surface area (Å²) in [4.78, 5) is 33.6. The third-order valence-corrected chi connectivity index (χ3v) is 3.12. The Hall–Kier alpha value is -1.39. The fraction of sp³-hybridized carbons (Fsp3) is 0.700. The molecule has 3 atom stereocenters. The maximum absolute atomic E-state index is 11.5. The highest BCUT2D eigenvalue weighted by molar-refractivity contribution is 5.92. The predicted molar refractivity (Wildman–Crippen MR) is 48.1 cm³/mol. The van der Waals surface area contributed by atoms with Crippen LogP contribution in [0.1, 0.15) is 19.3 Å². The van der Waals surface area contributed by atoms with Crippen LogP contribution in [0.15, 0.2) is 0 Å². The second kappa shape index (κ2) is 3.64. The standard InChI is InChI=1S/C10H12O5/c1-14-10(13)15-9-7-4-6(11)2-5(7)3-8(9)12/h5,7,9H,2-4H2,1H3/t5-,7-,9?/m1/s1. The van der Waals surface area contributed by atoms with Crippen LogP contribution in [0.4, 0.5) is 4.79 Å². The van der Waals surface area contributed by atoms with Gasteiger partial charge in [0.25, 0.3) is 0 Å². The van der Waals surface area contributed by atoms with Crippen molar-refractivity contribution in [2.75, 3.05) is 7.11 Å². The van der Waals surface area contributed by atoms with Crippen LogP contribution >= 0.6 is 0 Å². The summed E-state index contributed by atoms with van der Waals surface area (Å²) in [6, 6.07) is 0. The van der Waals surface area contributed by atoms with Gasteiger partial charge in [-0.1, -0.05) is 0 Å². The van der Waals surface area contributed by atoms with Gasteiger partial charge in [-0.15, -0.1) is 0 Å². The second-order valence-electron chi connectivity index (χ2n) is 4.03. The lowest BCUT2D eigenvalue weighted by Gasteiger charge is -2.15. The van der Waals surface area contributed by atoms with Gasteiger partial charge in [-0.2, -0.15) is 0 Å². The number of ketones is 2. The van der Waals surface area contributed by atoms with Crippen molar-refractivity contribution in [2.24, 2.45) is 11.8 Å². The number of carbonyl (C=O) groups is 3. The molecule has 0 aromatic carbocycles. The molecular weight excluding hydrogens is 200 g/mol. The van der Waals surface area contributed by atoms with Crippen molar-refractivity contribution in [3.05, 3.63) is 0 Å². The van der Waals surface area contributed by atoms with Gasteiger partial charge in [0.15, 0.2) is 11.9 Å². The van der Waals surface area contributed by atoms with Crippen LogP contribution in [0.25, 0.3) is 0 Å². The highest BCUT2D eigenvalue weighted by atomic mass is 16.7. The molecule has 15 heavy (non-hydrogen) atoms. The van der Waals surface area contributed by atoms with E-state index in [0.717, 1.165) is 0 Å². The Balaban J connectivity index is 2.07.